The Hall–Kier alpha value is -2.93. The number of aromatic nitrogens is 2. The van der Waals surface area contributed by atoms with Crippen LogP contribution in [0.25, 0.3) is 10.6 Å². The third-order valence-corrected chi connectivity index (χ3v) is 4.46. The van der Waals surface area contributed by atoms with Gasteiger partial charge in [0, 0.05) is 29.9 Å². The van der Waals surface area contributed by atoms with E-state index in [1.165, 1.54) is 11.3 Å². The molecule has 0 spiro atoms. The number of benzene rings is 1. The molecule has 0 saturated carbocycles. The summed E-state index contributed by atoms with van der Waals surface area (Å²) >= 11 is 1.41. The fraction of sp³-hybridized carbons (Fsp3) is 0.167. The summed E-state index contributed by atoms with van der Waals surface area (Å²) in [6.45, 7) is 0.435. The van der Waals surface area contributed by atoms with E-state index in [1.54, 1.807) is 32.0 Å². The molecular weight excluding hydrogens is 338 g/mol. The van der Waals surface area contributed by atoms with Gasteiger partial charge in [-0.3, -0.25) is 9.78 Å². The Morgan fingerprint density at radius 3 is 2.60 bits per heavy atom. The van der Waals surface area contributed by atoms with Crippen LogP contribution < -0.4 is 14.8 Å². The van der Waals surface area contributed by atoms with Gasteiger partial charge in [0.1, 0.15) is 10.7 Å². The number of amides is 1. The second-order valence-electron chi connectivity index (χ2n) is 5.15. The van der Waals surface area contributed by atoms with E-state index < -0.39 is 0 Å². The fourth-order valence-electron chi connectivity index (χ4n) is 2.25. The van der Waals surface area contributed by atoms with Crippen LogP contribution in [0.1, 0.15) is 16.1 Å². The molecule has 0 aliphatic heterocycles. The molecule has 0 bridgehead atoms. The lowest BCUT2D eigenvalue weighted by atomic mass is 10.2. The summed E-state index contributed by atoms with van der Waals surface area (Å²) in [7, 11) is 3.17. The van der Waals surface area contributed by atoms with Gasteiger partial charge in [0.05, 0.1) is 14.2 Å². The average molecular weight is 355 g/mol. The third kappa shape index (κ3) is 3.95. The van der Waals surface area contributed by atoms with Crippen molar-refractivity contribution < 1.29 is 14.3 Å². The van der Waals surface area contributed by atoms with Crippen molar-refractivity contribution in [2.75, 3.05) is 14.2 Å². The van der Waals surface area contributed by atoms with E-state index in [9.17, 15) is 4.79 Å². The standard InChI is InChI=1S/C18H17N3O3S/c1-23-15-4-3-13(9-16(15)24-2)18-21-14(11-25-18)17(22)20-10-12-5-7-19-8-6-12/h3-9,11H,10H2,1-2H3,(H,20,22). The first-order valence-electron chi connectivity index (χ1n) is 7.56. The third-order valence-electron chi connectivity index (χ3n) is 3.57. The summed E-state index contributed by atoms with van der Waals surface area (Å²) in [6.07, 6.45) is 3.39. The number of hydrogen-bond acceptors (Lipinski definition) is 6. The molecule has 2 aromatic heterocycles. The van der Waals surface area contributed by atoms with Crippen molar-refractivity contribution in [3.05, 3.63) is 59.4 Å². The van der Waals surface area contributed by atoms with Gasteiger partial charge >= 0.3 is 0 Å². The van der Waals surface area contributed by atoms with Crippen LogP contribution >= 0.6 is 11.3 Å². The number of pyridine rings is 1. The number of methoxy groups -OCH3 is 2. The maximum Gasteiger partial charge on any atom is 0.271 e. The molecule has 3 aromatic rings. The maximum atomic E-state index is 12.3. The molecule has 0 aliphatic carbocycles. The Balaban J connectivity index is 1.72. The topological polar surface area (TPSA) is 73.3 Å². The predicted octanol–water partition coefficient (Wildman–Crippen LogP) is 3.15. The van der Waals surface area contributed by atoms with Crippen LogP contribution in [0.4, 0.5) is 0 Å². The largest absolute Gasteiger partial charge is 0.493 e. The number of carbonyl (C=O) groups excluding carboxylic acids is 1. The first-order valence-corrected chi connectivity index (χ1v) is 8.44. The summed E-state index contributed by atoms with van der Waals surface area (Å²) in [6, 6.07) is 9.26. The van der Waals surface area contributed by atoms with Crippen molar-refractivity contribution in [3.8, 4) is 22.1 Å². The quantitative estimate of drug-likeness (QED) is 0.735. The van der Waals surface area contributed by atoms with Crippen LogP contribution in [0.15, 0.2) is 48.1 Å². The molecule has 1 aromatic carbocycles. The molecule has 1 N–H and O–H groups in total. The normalized spacial score (nSPS) is 10.3. The molecule has 6 nitrogen and oxygen atoms in total. The Labute approximate surface area is 149 Å². The number of ether oxygens (including phenoxy) is 2. The molecule has 0 unspecified atom stereocenters. The second-order valence-corrected chi connectivity index (χ2v) is 6.00. The number of rotatable bonds is 6. The van der Waals surface area contributed by atoms with Crippen LogP contribution in [-0.4, -0.2) is 30.1 Å². The molecule has 0 atom stereocenters. The van der Waals surface area contributed by atoms with Gasteiger partial charge in [-0.1, -0.05) is 0 Å². The van der Waals surface area contributed by atoms with Gasteiger partial charge in [0.25, 0.3) is 5.91 Å². The van der Waals surface area contributed by atoms with Crippen LogP contribution in [0, 0.1) is 0 Å². The van der Waals surface area contributed by atoms with Crippen molar-refractivity contribution in [2.45, 2.75) is 6.54 Å². The molecule has 0 aliphatic rings. The van der Waals surface area contributed by atoms with Gasteiger partial charge in [0.2, 0.25) is 0 Å². The van der Waals surface area contributed by atoms with Crippen LogP contribution in [0.5, 0.6) is 11.5 Å². The molecule has 0 saturated heterocycles. The minimum absolute atomic E-state index is 0.209. The minimum Gasteiger partial charge on any atom is -0.493 e. The van der Waals surface area contributed by atoms with E-state index in [1.807, 2.05) is 30.3 Å². The highest BCUT2D eigenvalue weighted by Gasteiger charge is 2.13. The van der Waals surface area contributed by atoms with Crippen LogP contribution in [0.3, 0.4) is 0 Å². The average Bonchev–Trinajstić information content (AvgIpc) is 3.16. The SMILES string of the molecule is COc1ccc(-c2nc(C(=O)NCc3ccncc3)cs2)cc1OC. The number of hydrogen-bond donors (Lipinski definition) is 1. The number of thiazole rings is 1. The summed E-state index contributed by atoms with van der Waals surface area (Å²) < 4.78 is 10.5. The monoisotopic (exact) mass is 355 g/mol. The molecule has 0 fully saturated rings. The van der Waals surface area contributed by atoms with E-state index in [4.69, 9.17) is 9.47 Å². The van der Waals surface area contributed by atoms with E-state index in [2.05, 4.69) is 15.3 Å². The summed E-state index contributed by atoms with van der Waals surface area (Å²) in [5.74, 6) is 1.07. The van der Waals surface area contributed by atoms with E-state index in [0.717, 1.165) is 16.1 Å². The number of carbonyl (C=O) groups is 1. The molecule has 2 heterocycles. The molecule has 3 rings (SSSR count). The van der Waals surface area contributed by atoms with Crippen LogP contribution in [-0.2, 0) is 6.54 Å². The fourth-order valence-corrected chi connectivity index (χ4v) is 3.05. The lowest BCUT2D eigenvalue weighted by molar-refractivity contribution is 0.0946. The van der Waals surface area contributed by atoms with Gasteiger partial charge in [-0.25, -0.2) is 4.98 Å². The van der Waals surface area contributed by atoms with Gasteiger partial charge in [-0.2, -0.15) is 0 Å². The molecule has 7 heteroatoms. The number of nitrogens with zero attached hydrogens (tertiary/aromatic N) is 2. The van der Waals surface area contributed by atoms with Crippen molar-refractivity contribution in [3.63, 3.8) is 0 Å². The lowest BCUT2D eigenvalue weighted by Gasteiger charge is -2.08. The van der Waals surface area contributed by atoms with Crippen molar-refractivity contribution in [1.29, 1.82) is 0 Å². The zero-order valence-electron chi connectivity index (χ0n) is 13.9. The molecule has 25 heavy (non-hydrogen) atoms. The zero-order chi connectivity index (χ0) is 17.6. The van der Waals surface area contributed by atoms with Gasteiger partial charge in [-0.05, 0) is 35.9 Å². The zero-order valence-corrected chi connectivity index (χ0v) is 14.7. The first kappa shape index (κ1) is 16.9. The second kappa shape index (κ2) is 7.76. The molecule has 0 radical (unpaired) electrons. The Kier molecular flexibility index (Phi) is 5.25. The highest BCUT2D eigenvalue weighted by molar-refractivity contribution is 7.13. The Bertz CT molecular complexity index is 865. The molecule has 128 valence electrons. The van der Waals surface area contributed by atoms with E-state index >= 15 is 0 Å². The van der Waals surface area contributed by atoms with Crippen molar-refractivity contribution in [2.24, 2.45) is 0 Å². The summed E-state index contributed by atoms with van der Waals surface area (Å²) in [5, 5.41) is 5.34. The van der Waals surface area contributed by atoms with E-state index in [-0.39, 0.29) is 5.91 Å². The highest BCUT2D eigenvalue weighted by Crippen LogP contribution is 2.33. The van der Waals surface area contributed by atoms with Gasteiger partial charge in [-0.15, -0.1) is 11.3 Å². The first-order chi connectivity index (χ1) is 12.2. The van der Waals surface area contributed by atoms with Crippen LogP contribution in [0.2, 0.25) is 0 Å². The van der Waals surface area contributed by atoms with E-state index in [0.29, 0.717) is 23.7 Å². The Morgan fingerprint density at radius 2 is 1.88 bits per heavy atom. The number of nitrogens with one attached hydrogen (secondary N) is 1. The lowest BCUT2D eigenvalue weighted by Crippen LogP contribution is -2.23. The smallest absolute Gasteiger partial charge is 0.271 e. The summed E-state index contributed by atoms with van der Waals surface area (Å²) in [4.78, 5) is 20.6. The highest BCUT2D eigenvalue weighted by atomic mass is 32.1. The minimum atomic E-state index is -0.209. The molecular formula is C18H17N3O3S. The molecule has 1 amide bonds. The van der Waals surface area contributed by atoms with Gasteiger partial charge in [0.15, 0.2) is 11.5 Å². The van der Waals surface area contributed by atoms with Gasteiger partial charge < -0.3 is 14.8 Å². The Morgan fingerprint density at radius 1 is 1.12 bits per heavy atom. The predicted molar refractivity (Wildman–Crippen MR) is 96.1 cm³/mol. The van der Waals surface area contributed by atoms with Crippen molar-refractivity contribution in [1.82, 2.24) is 15.3 Å². The summed E-state index contributed by atoms with van der Waals surface area (Å²) in [5.41, 5.74) is 2.25. The van der Waals surface area contributed by atoms with Crippen molar-refractivity contribution >= 4 is 17.2 Å². The maximum absolute atomic E-state index is 12.3.